The Hall–Kier alpha value is -2.68. The van der Waals surface area contributed by atoms with Crippen LogP contribution in [0.4, 0.5) is 5.69 Å². The number of hydrogen-bond acceptors (Lipinski definition) is 7. The van der Waals surface area contributed by atoms with Crippen LogP contribution >= 0.6 is 11.6 Å². The maximum atomic E-state index is 11.5. The molecule has 1 fully saturated rings. The van der Waals surface area contributed by atoms with Gasteiger partial charge in [0.15, 0.2) is 24.0 Å². The van der Waals surface area contributed by atoms with Gasteiger partial charge in [0.1, 0.15) is 5.02 Å². The number of nitro groups is 1. The van der Waals surface area contributed by atoms with Crippen LogP contribution in [0.1, 0.15) is 11.1 Å². The number of rotatable bonds is 8. The quantitative estimate of drug-likeness (QED) is 0.368. The minimum Gasteiger partial charge on any atom is -0.493 e. The van der Waals surface area contributed by atoms with Gasteiger partial charge in [-0.15, -0.1) is 0 Å². The molecule has 1 unspecified atom stereocenters. The summed E-state index contributed by atoms with van der Waals surface area (Å²) in [7, 11) is 3.15. The monoisotopic (exact) mass is 420 g/mol. The Kier molecular flexibility index (Phi) is 6.68. The predicted octanol–water partition coefficient (Wildman–Crippen LogP) is 3.23. The zero-order valence-electron chi connectivity index (χ0n) is 16.0. The highest BCUT2D eigenvalue weighted by Gasteiger charge is 2.34. The van der Waals surface area contributed by atoms with Crippen molar-refractivity contribution in [2.24, 2.45) is 0 Å². The van der Waals surface area contributed by atoms with Crippen LogP contribution in [0.2, 0.25) is 5.02 Å². The van der Waals surface area contributed by atoms with E-state index in [1.165, 1.54) is 12.1 Å². The highest BCUT2D eigenvalue weighted by Crippen LogP contribution is 2.31. The van der Waals surface area contributed by atoms with Crippen molar-refractivity contribution < 1.29 is 23.9 Å². The molecule has 0 saturated carbocycles. The van der Waals surface area contributed by atoms with Crippen molar-refractivity contribution in [1.82, 2.24) is 4.90 Å². The fourth-order valence-corrected chi connectivity index (χ4v) is 3.60. The first-order chi connectivity index (χ1) is 14.0. The summed E-state index contributed by atoms with van der Waals surface area (Å²) in [5.74, 6) is 1.26. The number of methoxy groups -OCH3 is 2. The molecule has 0 aliphatic carbocycles. The normalized spacial score (nSPS) is 19.1. The number of ether oxygens (including phenoxy) is 3. The molecule has 9 heteroatoms. The van der Waals surface area contributed by atoms with Crippen molar-refractivity contribution >= 4 is 23.6 Å². The molecule has 0 bridgehead atoms. The van der Waals surface area contributed by atoms with E-state index in [9.17, 15) is 14.9 Å². The number of nitrogens with zero attached hydrogens (tertiary/aromatic N) is 2. The van der Waals surface area contributed by atoms with Crippen LogP contribution in [0, 0.1) is 10.1 Å². The minimum absolute atomic E-state index is 0.0743. The van der Waals surface area contributed by atoms with E-state index in [2.05, 4.69) is 0 Å². The van der Waals surface area contributed by atoms with Gasteiger partial charge in [-0.3, -0.25) is 19.8 Å². The lowest BCUT2D eigenvalue weighted by Crippen LogP contribution is -2.38. The number of carbonyl (C=O) groups excluding carboxylic acids is 1. The molecule has 8 nitrogen and oxygen atoms in total. The van der Waals surface area contributed by atoms with E-state index >= 15 is 0 Å². The second-order valence-corrected chi connectivity index (χ2v) is 7.03. The first kappa shape index (κ1) is 21.0. The molecule has 0 spiro atoms. The summed E-state index contributed by atoms with van der Waals surface area (Å²) in [6.07, 6.45) is 0.633. The van der Waals surface area contributed by atoms with Gasteiger partial charge in [0.25, 0.3) is 5.69 Å². The highest BCUT2D eigenvalue weighted by atomic mass is 35.5. The SMILES string of the molecule is COc1ccc(C[C@H]2COC(C=O)N2Cc2ccc(Cl)c([N+](=O)[O-])c2)cc1OC. The van der Waals surface area contributed by atoms with E-state index in [0.717, 1.165) is 11.8 Å². The molecule has 0 radical (unpaired) electrons. The van der Waals surface area contributed by atoms with Crippen LogP contribution in [0.25, 0.3) is 0 Å². The summed E-state index contributed by atoms with van der Waals surface area (Å²) in [4.78, 5) is 24.0. The molecule has 29 heavy (non-hydrogen) atoms. The molecule has 2 aromatic rings. The van der Waals surface area contributed by atoms with Gasteiger partial charge in [-0.25, -0.2) is 0 Å². The average molecular weight is 421 g/mol. The molecule has 0 N–H and O–H groups in total. The fourth-order valence-electron chi connectivity index (χ4n) is 3.41. The van der Waals surface area contributed by atoms with Gasteiger partial charge < -0.3 is 14.2 Å². The van der Waals surface area contributed by atoms with Crippen molar-refractivity contribution in [2.75, 3.05) is 20.8 Å². The Bertz CT molecular complexity index is 907. The van der Waals surface area contributed by atoms with Crippen LogP contribution in [-0.2, 0) is 22.5 Å². The fraction of sp³-hybridized carbons (Fsp3) is 0.350. The predicted molar refractivity (Wildman–Crippen MR) is 106 cm³/mol. The molecule has 1 heterocycles. The number of aldehydes is 1. The Morgan fingerprint density at radius 1 is 1.21 bits per heavy atom. The largest absolute Gasteiger partial charge is 0.493 e. The maximum Gasteiger partial charge on any atom is 0.288 e. The van der Waals surface area contributed by atoms with Gasteiger partial charge in [-0.2, -0.15) is 0 Å². The van der Waals surface area contributed by atoms with Gasteiger partial charge in [0.2, 0.25) is 0 Å². The summed E-state index contributed by atoms with van der Waals surface area (Å²) in [5.41, 5.74) is 1.51. The van der Waals surface area contributed by atoms with E-state index in [4.69, 9.17) is 25.8 Å². The maximum absolute atomic E-state index is 11.5. The van der Waals surface area contributed by atoms with Crippen LogP contribution in [0.3, 0.4) is 0 Å². The zero-order chi connectivity index (χ0) is 21.0. The molecule has 2 aromatic carbocycles. The summed E-state index contributed by atoms with van der Waals surface area (Å²) < 4.78 is 16.2. The van der Waals surface area contributed by atoms with Gasteiger partial charge in [0.05, 0.1) is 25.7 Å². The Morgan fingerprint density at radius 3 is 2.59 bits per heavy atom. The van der Waals surface area contributed by atoms with Crippen molar-refractivity contribution in [3.63, 3.8) is 0 Å². The number of benzene rings is 2. The third kappa shape index (κ3) is 4.67. The molecule has 1 saturated heterocycles. The van der Waals surface area contributed by atoms with Crippen molar-refractivity contribution in [1.29, 1.82) is 0 Å². The first-order valence-corrected chi connectivity index (χ1v) is 9.31. The van der Waals surface area contributed by atoms with E-state index in [1.807, 2.05) is 23.1 Å². The number of halogens is 1. The lowest BCUT2D eigenvalue weighted by molar-refractivity contribution is -0.384. The molecular formula is C20H21ClN2O6. The van der Waals surface area contributed by atoms with Gasteiger partial charge in [0, 0.05) is 18.7 Å². The molecule has 2 atom stereocenters. The summed E-state index contributed by atoms with van der Waals surface area (Å²) in [6, 6.07) is 10.2. The first-order valence-electron chi connectivity index (χ1n) is 8.93. The van der Waals surface area contributed by atoms with Crippen molar-refractivity contribution in [2.45, 2.75) is 25.2 Å². The number of nitro benzene ring substituents is 1. The standard InChI is InChI=1S/C20H21ClN2O6/c1-27-18-6-4-13(9-19(18)28-2)7-15-12-29-20(11-24)22(15)10-14-3-5-16(21)17(8-14)23(25)26/h3-6,8-9,11,15,20H,7,10,12H2,1-2H3/t15-,20?/m0/s1. The van der Waals surface area contributed by atoms with E-state index in [0.29, 0.717) is 36.6 Å². The smallest absolute Gasteiger partial charge is 0.288 e. The average Bonchev–Trinajstić information content (AvgIpc) is 3.10. The third-order valence-electron chi connectivity index (χ3n) is 4.86. The zero-order valence-corrected chi connectivity index (χ0v) is 16.8. The molecule has 0 amide bonds. The van der Waals surface area contributed by atoms with Crippen LogP contribution in [0.15, 0.2) is 36.4 Å². The lowest BCUT2D eigenvalue weighted by atomic mass is 10.0. The summed E-state index contributed by atoms with van der Waals surface area (Å²) in [6.45, 7) is 0.687. The highest BCUT2D eigenvalue weighted by molar-refractivity contribution is 6.32. The molecule has 3 rings (SSSR count). The van der Waals surface area contributed by atoms with E-state index in [-0.39, 0.29) is 16.8 Å². The summed E-state index contributed by atoms with van der Waals surface area (Å²) in [5, 5.41) is 11.2. The molecular weight excluding hydrogens is 400 g/mol. The van der Waals surface area contributed by atoms with Gasteiger partial charge >= 0.3 is 0 Å². The Balaban J connectivity index is 1.82. The third-order valence-corrected chi connectivity index (χ3v) is 5.18. The topological polar surface area (TPSA) is 91.1 Å². The van der Waals surface area contributed by atoms with Crippen molar-refractivity contribution in [3.05, 3.63) is 62.7 Å². The van der Waals surface area contributed by atoms with E-state index in [1.54, 1.807) is 20.3 Å². The molecule has 1 aliphatic heterocycles. The van der Waals surface area contributed by atoms with Crippen LogP contribution in [0.5, 0.6) is 11.5 Å². The number of hydrogen-bond donors (Lipinski definition) is 0. The van der Waals surface area contributed by atoms with Crippen LogP contribution < -0.4 is 9.47 Å². The molecule has 154 valence electrons. The second kappa shape index (κ2) is 9.21. The van der Waals surface area contributed by atoms with Gasteiger partial charge in [-0.1, -0.05) is 23.7 Å². The molecule has 0 aromatic heterocycles. The second-order valence-electron chi connectivity index (χ2n) is 6.62. The Morgan fingerprint density at radius 2 is 1.93 bits per heavy atom. The number of carbonyl (C=O) groups is 1. The lowest BCUT2D eigenvalue weighted by Gasteiger charge is -2.25. The van der Waals surface area contributed by atoms with Crippen molar-refractivity contribution in [3.8, 4) is 11.5 Å². The Labute approximate surface area is 173 Å². The van der Waals surface area contributed by atoms with E-state index < -0.39 is 11.2 Å². The van der Waals surface area contributed by atoms with Crippen LogP contribution in [-0.4, -0.2) is 49.2 Å². The molecule has 1 aliphatic rings. The summed E-state index contributed by atoms with van der Waals surface area (Å²) >= 11 is 5.89. The minimum atomic E-state index is -0.713. The van der Waals surface area contributed by atoms with Gasteiger partial charge in [-0.05, 0) is 35.7 Å².